The van der Waals surface area contributed by atoms with Crippen LogP contribution in [0.15, 0.2) is 54.6 Å². The van der Waals surface area contributed by atoms with Gasteiger partial charge in [-0.25, -0.2) is 4.39 Å². The molecule has 6 heteroatoms. The van der Waals surface area contributed by atoms with Crippen molar-refractivity contribution in [3.63, 3.8) is 0 Å². The first-order chi connectivity index (χ1) is 13.0. The Labute approximate surface area is 158 Å². The molecule has 0 spiro atoms. The molecule has 27 heavy (non-hydrogen) atoms. The van der Waals surface area contributed by atoms with Crippen LogP contribution in [-0.2, 0) is 22.6 Å². The van der Waals surface area contributed by atoms with E-state index >= 15 is 0 Å². The van der Waals surface area contributed by atoms with Gasteiger partial charge >= 0.3 is 0 Å². The maximum absolute atomic E-state index is 13.5. The number of carbonyl (C=O) groups is 2. The smallest absolute Gasteiger partial charge is 0.246 e. The van der Waals surface area contributed by atoms with Gasteiger partial charge in [0.05, 0.1) is 18.6 Å². The van der Waals surface area contributed by atoms with Crippen molar-refractivity contribution in [1.29, 1.82) is 0 Å². The molecule has 0 aliphatic carbocycles. The maximum Gasteiger partial charge on any atom is 0.246 e. The molecule has 3 N–H and O–H groups in total. The highest BCUT2D eigenvalue weighted by Crippen LogP contribution is 2.15. The van der Waals surface area contributed by atoms with Crippen molar-refractivity contribution >= 4 is 11.8 Å². The fraction of sp³-hybridized carbons (Fsp3) is 0.333. The van der Waals surface area contributed by atoms with Gasteiger partial charge in [0.2, 0.25) is 11.8 Å². The normalized spacial score (nSPS) is 17.5. The quantitative estimate of drug-likeness (QED) is 0.817. The Morgan fingerprint density at radius 1 is 1.15 bits per heavy atom. The number of amides is 2. The average molecular weight is 369 g/mol. The van der Waals surface area contributed by atoms with Crippen molar-refractivity contribution in [1.82, 2.24) is 10.2 Å². The summed E-state index contributed by atoms with van der Waals surface area (Å²) in [6, 6.07) is 14.1. The number of carbonyl (C=O) groups excluding carboxylic acids is 2. The molecule has 1 fully saturated rings. The van der Waals surface area contributed by atoms with Crippen LogP contribution in [0.4, 0.5) is 4.39 Å². The largest absolute Gasteiger partial charge is 0.320 e. The lowest BCUT2D eigenvalue weighted by atomic mass is 10.0. The van der Waals surface area contributed by atoms with E-state index in [0.29, 0.717) is 18.4 Å². The van der Waals surface area contributed by atoms with Gasteiger partial charge < -0.3 is 11.1 Å². The summed E-state index contributed by atoms with van der Waals surface area (Å²) in [6.07, 6.45) is 1.90. The second-order valence-electron chi connectivity index (χ2n) is 6.84. The molecule has 1 heterocycles. The number of benzene rings is 2. The Morgan fingerprint density at radius 3 is 2.56 bits per heavy atom. The molecule has 0 unspecified atom stereocenters. The van der Waals surface area contributed by atoms with E-state index in [1.807, 2.05) is 30.3 Å². The topological polar surface area (TPSA) is 75.4 Å². The fourth-order valence-corrected chi connectivity index (χ4v) is 3.32. The molecular weight excluding hydrogens is 345 g/mol. The van der Waals surface area contributed by atoms with Gasteiger partial charge in [-0.3, -0.25) is 14.5 Å². The molecule has 2 aromatic carbocycles. The Bertz CT molecular complexity index is 791. The fourth-order valence-electron chi connectivity index (χ4n) is 3.32. The minimum atomic E-state index is -0.841. The molecule has 0 saturated carbocycles. The van der Waals surface area contributed by atoms with E-state index in [2.05, 4.69) is 5.32 Å². The molecule has 2 atom stereocenters. The molecule has 0 bridgehead atoms. The summed E-state index contributed by atoms with van der Waals surface area (Å²) >= 11 is 0. The molecule has 0 radical (unpaired) electrons. The van der Waals surface area contributed by atoms with Crippen molar-refractivity contribution in [2.75, 3.05) is 6.54 Å². The first-order valence-corrected chi connectivity index (χ1v) is 9.17. The number of halogens is 1. The summed E-state index contributed by atoms with van der Waals surface area (Å²) in [6.45, 7) is 0.755. The molecule has 3 rings (SSSR count). The van der Waals surface area contributed by atoms with E-state index in [1.165, 1.54) is 17.0 Å². The summed E-state index contributed by atoms with van der Waals surface area (Å²) in [5.41, 5.74) is 7.62. The molecule has 2 aromatic rings. The van der Waals surface area contributed by atoms with Crippen LogP contribution in [-0.4, -0.2) is 35.3 Å². The van der Waals surface area contributed by atoms with Crippen LogP contribution < -0.4 is 11.1 Å². The predicted octanol–water partition coefficient (Wildman–Crippen LogP) is 2.00. The Morgan fingerprint density at radius 2 is 1.89 bits per heavy atom. The summed E-state index contributed by atoms with van der Waals surface area (Å²) in [5, 5.41) is 3.12. The number of nitrogens with two attached hydrogens (primary N) is 1. The van der Waals surface area contributed by atoms with Crippen molar-refractivity contribution in [2.45, 2.75) is 37.9 Å². The molecule has 2 amide bonds. The second-order valence-corrected chi connectivity index (χ2v) is 6.84. The minimum absolute atomic E-state index is 0.0100. The van der Waals surface area contributed by atoms with Gasteiger partial charge in [-0.15, -0.1) is 0 Å². The molecular formula is C21H24FN3O2. The standard InChI is InChI=1S/C21H24FN3O2/c22-17-9-4-8-16(12-17)14-25(21(27)19-10-5-11-24-19)20(26)18(23)13-15-6-2-1-3-7-15/h1-4,6-9,12,18-19,24H,5,10-11,13-14,23H2/t18-,19+/m1/s1. The third-order valence-corrected chi connectivity index (χ3v) is 4.74. The van der Waals surface area contributed by atoms with E-state index in [1.54, 1.807) is 12.1 Å². The molecule has 0 aromatic heterocycles. The van der Waals surface area contributed by atoms with Crippen molar-refractivity contribution in [3.05, 3.63) is 71.5 Å². The van der Waals surface area contributed by atoms with Gasteiger partial charge in [-0.05, 0) is 49.1 Å². The average Bonchev–Trinajstić information content (AvgIpc) is 3.21. The van der Waals surface area contributed by atoms with Crippen molar-refractivity contribution < 1.29 is 14.0 Å². The summed E-state index contributed by atoms with van der Waals surface area (Å²) < 4.78 is 13.5. The SMILES string of the molecule is N[C@H](Cc1ccccc1)C(=O)N(Cc1cccc(F)c1)C(=O)[C@@H]1CCCN1. The zero-order valence-corrected chi connectivity index (χ0v) is 15.1. The van der Waals surface area contributed by atoms with E-state index in [4.69, 9.17) is 5.73 Å². The van der Waals surface area contributed by atoms with Crippen LogP contribution in [0.2, 0.25) is 0 Å². The van der Waals surface area contributed by atoms with Gasteiger partial charge in [0.25, 0.3) is 0 Å². The number of imide groups is 1. The van der Waals surface area contributed by atoms with E-state index in [9.17, 15) is 14.0 Å². The summed E-state index contributed by atoms with van der Waals surface area (Å²) in [7, 11) is 0. The highest BCUT2D eigenvalue weighted by atomic mass is 19.1. The molecule has 5 nitrogen and oxygen atoms in total. The highest BCUT2D eigenvalue weighted by Gasteiger charge is 2.33. The van der Waals surface area contributed by atoms with Crippen molar-refractivity contribution in [3.8, 4) is 0 Å². The zero-order valence-electron chi connectivity index (χ0n) is 15.1. The summed E-state index contributed by atoms with van der Waals surface area (Å²) in [4.78, 5) is 27.1. The molecule has 142 valence electrons. The highest BCUT2D eigenvalue weighted by molar-refractivity contribution is 6.00. The second kappa shape index (κ2) is 8.88. The minimum Gasteiger partial charge on any atom is -0.320 e. The molecule has 1 aliphatic rings. The molecule has 1 saturated heterocycles. The van der Waals surface area contributed by atoms with Gasteiger partial charge in [-0.2, -0.15) is 0 Å². The first-order valence-electron chi connectivity index (χ1n) is 9.17. The van der Waals surface area contributed by atoms with E-state index in [-0.39, 0.29) is 12.5 Å². The number of rotatable bonds is 6. The van der Waals surface area contributed by atoms with Crippen LogP contribution in [0.3, 0.4) is 0 Å². The van der Waals surface area contributed by atoms with Gasteiger partial charge in [0.1, 0.15) is 5.82 Å². The lowest BCUT2D eigenvalue weighted by Crippen LogP contribution is -2.52. The molecule has 1 aliphatic heterocycles. The van der Waals surface area contributed by atoms with E-state index < -0.39 is 23.8 Å². The van der Waals surface area contributed by atoms with Crippen LogP contribution in [0.25, 0.3) is 0 Å². The lowest BCUT2D eigenvalue weighted by molar-refractivity contribution is -0.147. The van der Waals surface area contributed by atoms with Crippen molar-refractivity contribution in [2.24, 2.45) is 5.73 Å². The van der Waals surface area contributed by atoms with Crippen LogP contribution in [0.5, 0.6) is 0 Å². The van der Waals surface area contributed by atoms with Crippen LogP contribution in [0.1, 0.15) is 24.0 Å². The van der Waals surface area contributed by atoms with Gasteiger partial charge in [-0.1, -0.05) is 42.5 Å². The Balaban J connectivity index is 1.79. The summed E-state index contributed by atoms with van der Waals surface area (Å²) in [5.74, 6) is -1.15. The van der Waals surface area contributed by atoms with Gasteiger partial charge in [0, 0.05) is 0 Å². The number of nitrogens with zero attached hydrogens (tertiary/aromatic N) is 1. The Hall–Kier alpha value is -2.57. The Kier molecular flexibility index (Phi) is 6.32. The lowest BCUT2D eigenvalue weighted by Gasteiger charge is -2.27. The van der Waals surface area contributed by atoms with Gasteiger partial charge in [0.15, 0.2) is 0 Å². The maximum atomic E-state index is 13.5. The first kappa shape index (κ1) is 19.2. The number of nitrogens with one attached hydrogen (secondary N) is 1. The third-order valence-electron chi connectivity index (χ3n) is 4.74. The predicted molar refractivity (Wildman–Crippen MR) is 101 cm³/mol. The third kappa shape index (κ3) is 4.99. The van der Waals surface area contributed by atoms with E-state index in [0.717, 1.165) is 18.5 Å². The van der Waals surface area contributed by atoms with Crippen LogP contribution in [0, 0.1) is 5.82 Å². The number of hydrogen-bond donors (Lipinski definition) is 2. The zero-order chi connectivity index (χ0) is 19.2. The monoisotopic (exact) mass is 369 g/mol. The van der Waals surface area contributed by atoms with Crippen LogP contribution >= 0.6 is 0 Å². The number of hydrogen-bond acceptors (Lipinski definition) is 4.